The van der Waals surface area contributed by atoms with Gasteiger partial charge in [0, 0.05) is 6.54 Å². The van der Waals surface area contributed by atoms with Crippen molar-refractivity contribution in [1.82, 2.24) is 14.7 Å². The second-order valence-electron chi connectivity index (χ2n) is 4.56. The fraction of sp³-hybridized carbons (Fsp3) is 0.385. The summed E-state index contributed by atoms with van der Waals surface area (Å²) in [5.74, 6) is 1.68. The number of aromatic nitrogens is 2. The smallest absolute Gasteiger partial charge is 0.244 e. The first-order valence-corrected chi connectivity index (χ1v) is 8.05. The molecule has 1 atom stereocenters. The SMILES string of the molecule is CCNc1ncc(S(=O)(=O)NC(C)c2ccc(C)o2)cn1. The average molecular weight is 310 g/mol. The van der Waals surface area contributed by atoms with E-state index in [9.17, 15) is 8.42 Å². The van der Waals surface area contributed by atoms with E-state index in [1.54, 1.807) is 26.0 Å². The Morgan fingerprint density at radius 2 is 1.95 bits per heavy atom. The second kappa shape index (κ2) is 6.23. The third-order valence-electron chi connectivity index (χ3n) is 2.79. The van der Waals surface area contributed by atoms with Gasteiger partial charge in [-0.25, -0.2) is 23.1 Å². The Bertz CT molecular complexity index is 694. The molecule has 0 bridgehead atoms. The highest BCUT2D eigenvalue weighted by Gasteiger charge is 2.21. The molecule has 0 amide bonds. The Balaban J connectivity index is 2.14. The molecule has 0 aliphatic rings. The van der Waals surface area contributed by atoms with Gasteiger partial charge in [-0.3, -0.25) is 0 Å². The Morgan fingerprint density at radius 1 is 1.29 bits per heavy atom. The predicted octanol–water partition coefficient (Wildman–Crippen LogP) is 1.85. The summed E-state index contributed by atoms with van der Waals surface area (Å²) in [4.78, 5) is 7.92. The van der Waals surface area contributed by atoms with Crippen molar-refractivity contribution in [2.75, 3.05) is 11.9 Å². The number of nitrogens with one attached hydrogen (secondary N) is 2. The summed E-state index contributed by atoms with van der Waals surface area (Å²) >= 11 is 0. The maximum absolute atomic E-state index is 12.2. The van der Waals surface area contributed by atoms with Gasteiger partial charge in [0.2, 0.25) is 16.0 Å². The molecule has 2 heterocycles. The van der Waals surface area contributed by atoms with Crippen LogP contribution in [0.4, 0.5) is 5.95 Å². The van der Waals surface area contributed by atoms with E-state index < -0.39 is 16.1 Å². The minimum absolute atomic E-state index is 0.0132. The van der Waals surface area contributed by atoms with Crippen molar-refractivity contribution in [1.29, 1.82) is 0 Å². The van der Waals surface area contributed by atoms with Crippen LogP contribution >= 0.6 is 0 Å². The summed E-state index contributed by atoms with van der Waals surface area (Å²) in [5.41, 5.74) is 0. The summed E-state index contributed by atoms with van der Waals surface area (Å²) in [6, 6.07) is 3.05. The number of anilines is 1. The van der Waals surface area contributed by atoms with Crippen LogP contribution in [0.5, 0.6) is 0 Å². The molecule has 0 aliphatic carbocycles. The van der Waals surface area contributed by atoms with E-state index in [1.165, 1.54) is 12.4 Å². The van der Waals surface area contributed by atoms with Crippen molar-refractivity contribution in [2.45, 2.75) is 31.7 Å². The zero-order valence-corrected chi connectivity index (χ0v) is 12.9. The van der Waals surface area contributed by atoms with E-state index in [-0.39, 0.29) is 4.90 Å². The molecule has 114 valence electrons. The van der Waals surface area contributed by atoms with Crippen LogP contribution in [0.1, 0.15) is 31.4 Å². The van der Waals surface area contributed by atoms with E-state index >= 15 is 0 Å². The largest absolute Gasteiger partial charge is 0.465 e. The topological polar surface area (TPSA) is 97.1 Å². The van der Waals surface area contributed by atoms with E-state index in [4.69, 9.17) is 4.42 Å². The fourth-order valence-corrected chi connectivity index (χ4v) is 2.85. The third kappa shape index (κ3) is 3.79. The highest BCUT2D eigenvalue weighted by molar-refractivity contribution is 7.89. The Hall–Kier alpha value is -1.93. The number of sulfonamides is 1. The molecule has 2 aromatic heterocycles. The number of hydrogen-bond donors (Lipinski definition) is 2. The van der Waals surface area contributed by atoms with Crippen molar-refractivity contribution in [2.24, 2.45) is 0 Å². The molecule has 1 unspecified atom stereocenters. The second-order valence-corrected chi connectivity index (χ2v) is 6.28. The van der Waals surface area contributed by atoms with Crippen molar-refractivity contribution in [3.05, 3.63) is 36.0 Å². The first kappa shape index (κ1) is 15.5. The zero-order valence-electron chi connectivity index (χ0n) is 12.1. The molecule has 0 spiro atoms. The van der Waals surface area contributed by atoms with Crippen LogP contribution in [0.3, 0.4) is 0 Å². The summed E-state index contributed by atoms with van der Waals surface area (Å²) < 4.78 is 32.4. The fourth-order valence-electron chi connectivity index (χ4n) is 1.75. The molecule has 0 aromatic carbocycles. The molecular weight excluding hydrogens is 292 g/mol. The van der Waals surface area contributed by atoms with Crippen LogP contribution in [0, 0.1) is 6.92 Å². The normalized spacial score (nSPS) is 13.1. The molecular formula is C13H18N4O3S. The van der Waals surface area contributed by atoms with Gasteiger partial charge in [-0.15, -0.1) is 0 Å². The number of aryl methyl sites for hydroxylation is 1. The van der Waals surface area contributed by atoms with Gasteiger partial charge in [0.05, 0.1) is 18.4 Å². The van der Waals surface area contributed by atoms with Gasteiger partial charge in [-0.2, -0.15) is 0 Å². The van der Waals surface area contributed by atoms with Crippen LogP contribution in [-0.2, 0) is 10.0 Å². The maximum atomic E-state index is 12.2. The first-order chi connectivity index (χ1) is 9.92. The van der Waals surface area contributed by atoms with Gasteiger partial charge in [-0.1, -0.05) is 0 Å². The highest BCUT2D eigenvalue weighted by atomic mass is 32.2. The maximum Gasteiger partial charge on any atom is 0.244 e. The van der Waals surface area contributed by atoms with Crippen molar-refractivity contribution in [3.8, 4) is 0 Å². The van der Waals surface area contributed by atoms with Crippen molar-refractivity contribution < 1.29 is 12.8 Å². The molecule has 0 saturated heterocycles. The van der Waals surface area contributed by atoms with E-state index in [0.29, 0.717) is 18.3 Å². The van der Waals surface area contributed by atoms with E-state index in [0.717, 1.165) is 5.76 Å². The summed E-state index contributed by atoms with van der Waals surface area (Å²) in [6.07, 6.45) is 2.54. The van der Waals surface area contributed by atoms with Crippen molar-refractivity contribution >= 4 is 16.0 Å². The molecule has 7 nitrogen and oxygen atoms in total. The molecule has 21 heavy (non-hydrogen) atoms. The lowest BCUT2D eigenvalue weighted by Gasteiger charge is -2.12. The number of hydrogen-bond acceptors (Lipinski definition) is 6. The van der Waals surface area contributed by atoms with Crippen molar-refractivity contribution in [3.63, 3.8) is 0 Å². The predicted molar refractivity (Wildman–Crippen MR) is 78.4 cm³/mol. The molecule has 0 aliphatic heterocycles. The molecule has 2 aromatic rings. The number of rotatable bonds is 6. The summed E-state index contributed by atoms with van der Waals surface area (Å²) in [6.45, 7) is 6.09. The monoisotopic (exact) mass is 310 g/mol. The number of furan rings is 1. The summed E-state index contributed by atoms with van der Waals surface area (Å²) in [7, 11) is -3.69. The van der Waals surface area contributed by atoms with Gasteiger partial charge >= 0.3 is 0 Å². The molecule has 2 N–H and O–H groups in total. The summed E-state index contributed by atoms with van der Waals surface area (Å²) in [5, 5.41) is 2.90. The zero-order chi connectivity index (χ0) is 15.5. The Morgan fingerprint density at radius 3 is 2.48 bits per heavy atom. The van der Waals surface area contributed by atoms with Gasteiger partial charge in [0.25, 0.3) is 0 Å². The van der Waals surface area contributed by atoms with Crippen LogP contribution in [0.2, 0.25) is 0 Å². The van der Waals surface area contributed by atoms with Gasteiger partial charge in [-0.05, 0) is 32.9 Å². The third-order valence-corrected chi connectivity index (χ3v) is 4.29. The van der Waals surface area contributed by atoms with Gasteiger partial charge in [0.1, 0.15) is 16.4 Å². The average Bonchev–Trinajstić information content (AvgIpc) is 2.86. The standard InChI is InChI=1S/C13H18N4O3S/c1-4-14-13-15-7-11(8-16-13)21(18,19)17-10(3)12-6-5-9(2)20-12/h5-8,10,17H,4H2,1-3H3,(H,14,15,16). The minimum atomic E-state index is -3.69. The van der Waals surface area contributed by atoms with Crippen LogP contribution in [0.25, 0.3) is 0 Å². The van der Waals surface area contributed by atoms with E-state index in [1.807, 2.05) is 6.92 Å². The minimum Gasteiger partial charge on any atom is -0.465 e. The molecule has 0 radical (unpaired) electrons. The molecule has 0 fully saturated rings. The molecule has 8 heteroatoms. The number of nitrogens with zero attached hydrogens (tertiary/aromatic N) is 2. The Labute approximate surface area is 123 Å². The van der Waals surface area contributed by atoms with Crippen LogP contribution in [0.15, 0.2) is 33.8 Å². The van der Waals surface area contributed by atoms with Crippen LogP contribution < -0.4 is 10.0 Å². The lowest BCUT2D eigenvalue weighted by molar-refractivity contribution is 0.441. The Kier molecular flexibility index (Phi) is 4.59. The van der Waals surface area contributed by atoms with E-state index in [2.05, 4.69) is 20.0 Å². The lowest BCUT2D eigenvalue weighted by atomic mass is 10.3. The first-order valence-electron chi connectivity index (χ1n) is 6.57. The molecule has 0 saturated carbocycles. The lowest BCUT2D eigenvalue weighted by Crippen LogP contribution is -2.27. The van der Waals surface area contributed by atoms with Gasteiger partial charge in [0.15, 0.2) is 0 Å². The quantitative estimate of drug-likeness (QED) is 0.845. The highest BCUT2D eigenvalue weighted by Crippen LogP contribution is 2.18. The van der Waals surface area contributed by atoms with Gasteiger partial charge < -0.3 is 9.73 Å². The molecule has 2 rings (SSSR count). The van der Waals surface area contributed by atoms with Crippen LogP contribution in [-0.4, -0.2) is 24.9 Å².